The van der Waals surface area contributed by atoms with Crippen LogP contribution in [0.4, 0.5) is 0 Å². The number of ketones is 1. The highest BCUT2D eigenvalue weighted by Crippen LogP contribution is 2.43. The second-order valence-electron chi connectivity index (χ2n) is 7.64. The van der Waals surface area contributed by atoms with Gasteiger partial charge in [0.1, 0.15) is 5.78 Å². The Morgan fingerprint density at radius 3 is 2.44 bits per heavy atom. The van der Waals surface area contributed by atoms with Crippen LogP contribution in [0.2, 0.25) is 0 Å². The second kappa shape index (κ2) is 4.96. The summed E-state index contributed by atoms with van der Waals surface area (Å²) >= 11 is 0. The minimum absolute atomic E-state index is 0.117. The zero-order valence-corrected chi connectivity index (χ0v) is 12.2. The van der Waals surface area contributed by atoms with Crippen molar-refractivity contribution in [2.45, 2.75) is 77.7 Å². The average molecular weight is 252 g/mol. The zero-order valence-electron chi connectivity index (χ0n) is 12.2. The lowest BCUT2D eigenvalue weighted by molar-refractivity contribution is -0.129. The van der Waals surface area contributed by atoms with E-state index in [2.05, 4.69) is 20.8 Å². The van der Waals surface area contributed by atoms with Crippen molar-refractivity contribution in [2.24, 2.45) is 17.3 Å². The molecule has 0 heterocycles. The molecule has 0 saturated heterocycles. The lowest BCUT2D eigenvalue weighted by atomic mass is 9.66. The van der Waals surface area contributed by atoms with Crippen molar-refractivity contribution in [1.82, 2.24) is 0 Å². The minimum Gasteiger partial charge on any atom is -0.390 e. The maximum absolute atomic E-state index is 12.1. The summed E-state index contributed by atoms with van der Waals surface area (Å²) in [6.07, 6.45) is 7.52. The zero-order chi connectivity index (χ0) is 13.4. The monoisotopic (exact) mass is 252 g/mol. The molecule has 2 unspecified atom stereocenters. The van der Waals surface area contributed by atoms with Gasteiger partial charge in [-0.05, 0) is 43.4 Å². The topological polar surface area (TPSA) is 37.3 Å². The van der Waals surface area contributed by atoms with Gasteiger partial charge >= 0.3 is 0 Å². The third-order valence-electron chi connectivity index (χ3n) is 5.15. The number of hydrogen-bond donors (Lipinski definition) is 1. The molecule has 2 aliphatic rings. The third-order valence-corrected chi connectivity index (χ3v) is 5.15. The van der Waals surface area contributed by atoms with Crippen LogP contribution in [0.3, 0.4) is 0 Å². The van der Waals surface area contributed by atoms with Crippen LogP contribution in [0.1, 0.15) is 72.1 Å². The molecule has 0 aromatic rings. The van der Waals surface area contributed by atoms with Crippen LogP contribution >= 0.6 is 0 Å². The summed E-state index contributed by atoms with van der Waals surface area (Å²) in [5.74, 6) is 1.15. The van der Waals surface area contributed by atoms with Gasteiger partial charge in [-0.15, -0.1) is 0 Å². The Morgan fingerprint density at radius 2 is 1.89 bits per heavy atom. The van der Waals surface area contributed by atoms with Gasteiger partial charge in [0.25, 0.3) is 0 Å². The van der Waals surface area contributed by atoms with Gasteiger partial charge in [-0.3, -0.25) is 4.79 Å². The van der Waals surface area contributed by atoms with E-state index in [1.165, 1.54) is 0 Å². The molecule has 2 aliphatic carbocycles. The molecule has 0 bridgehead atoms. The molecular formula is C16H28O2. The highest BCUT2D eigenvalue weighted by molar-refractivity contribution is 5.81. The van der Waals surface area contributed by atoms with Crippen LogP contribution in [0.15, 0.2) is 0 Å². The summed E-state index contributed by atoms with van der Waals surface area (Å²) in [6.45, 7) is 6.82. The molecule has 2 fully saturated rings. The maximum atomic E-state index is 12.1. The first-order valence-electron chi connectivity index (χ1n) is 7.55. The maximum Gasteiger partial charge on any atom is 0.136 e. The van der Waals surface area contributed by atoms with Gasteiger partial charge < -0.3 is 5.11 Å². The highest BCUT2D eigenvalue weighted by Gasteiger charge is 2.40. The van der Waals surface area contributed by atoms with E-state index >= 15 is 0 Å². The summed E-state index contributed by atoms with van der Waals surface area (Å²) in [5.41, 5.74) is -0.239. The van der Waals surface area contributed by atoms with Crippen molar-refractivity contribution in [1.29, 1.82) is 0 Å². The molecule has 1 N–H and O–H groups in total. The predicted octanol–water partition coefficient (Wildman–Crippen LogP) is 3.71. The van der Waals surface area contributed by atoms with Crippen molar-refractivity contribution < 1.29 is 9.90 Å². The Hall–Kier alpha value is -0.370. The number of hydrogen-bond acceptors (Lipinski definition) is 2. The molecule has 104 valence electrons. The second-order valence-corrected chi connectivity index (χ2v) is 7.64. The summed E-state index contributed by atoms with van der Waals surface area (Å²) in [5, 5.41) is 10.5. The van der Waals surface area contributed by atoms with Crippen molar-refractivity contribution in [3.8, 4) is 0 Å². The van der Waals surface area contributed by atoms with E-state index in [4.69, 9.17) is 0 Å². The van der Waals surface area contributed by atoms with E-state index in [9.17, 15) is 9.90 Å². The van der Waals surface area contributed by atoms with Gasteiger partial charge in [0.05, 0.1) is 5.60 Å². The van der Waals surface area contributed by atoms with Gasteiger partial charge in [0.15, 0.2) is 0 Å². The van der Waals surface area contributed by atoms with Gasteiger partial charge in [-0.25, -0.2) is 0 Å². The smallest absolute Gasteiger partial charge is 0.136 e. The number of aliphatic hydroxyl groups is 1. The van der Waals surface area contributed by atoms with Gasteiger partial charge in [-0.1, -0.05) is 33.6 Å². The van der Waals surface area contributed by atoms with Gasteiger partial charge in [-0.2, -0.15) is 0 Å². The van der Waals surface area contributed by atoms with Crippen LogP contribution in [-0.4, -0.2) is 16.5 Å². The lowest BCUT2D eigenvalue weighted by Gasteiger charge is -2.39. The lowest BCUT2D eigenvalue weighted by Crippen LogP contribution is -2.37. The Kier molecular flexibility index (Phi) is 3.87. The normalized spacial score (nSPS) is 32.8. The van der Waals surface area contributed by atoms with E-state index in [1.54, 1.807) is 0 Å². The molecule has 0 aromatic heterocycles. The van der Waals surface area contributed by atoms with E-state index in [-0.39, 0.29) is 11.3 Å². The summed E-state index contributed by atoms with van der Waals surface area (Å²) in [7, 11) is 0. The van der Waals surface area contributed by atoms with Gasteiger partial charge in [0.2, 0.25) is 0 Å². The molecule has 0 radical (unpaired) electrons. The molecule has 2 heteroatoms. The van der Waals surface area contributed by atoms with Crippen LogP contribution < -0.4 is 0 Å². The fraction of sp³-hybridized carbons (Fsp3) is 0.938. The molecule has 0 aliphatic heterocycles. The summed E-state index contributed by atoms with van der Waals surface area (Å²) < 4.78 is 0. The fourth-order valence-electron chi connectivity index (χ4n) is 3.79. The molecule has 2 atom stereocenters. The van der Waals surface area contributed by atoms with E-state index in [1.807, 2.05) is 0 Å². The van der Waals surface area contributed by atoms with E-state index in [0.717, 1.165) is 51.4 Å². The number of carbonyl (C=O) groups excluding carboxylic acids is 1. The average Bonchev–Trinajstić information content (AvgIpc) is 2.67. The highest BCUT2D eigenvalue weighted by atomic mass is 16.3. The molecule has 2 nitrogen and oxygen atoms in total. The first kappa shape index (κ1) is 14.0. The van der Waals surface area contributed by atoms with Crippen molar-refractivity contribution in [2.75, 3.05) is 0 Å². The molecular weight excluding hydrogens is 224 g/mol. The van der Waals surface area contributed by atoms with E-state index < -0.39 is 5.60 Å². The Labute approximate surface area is 111 Å². The number of carbonyl (C=O) groups is 1. The molecule has 0 amide bonds. The molecule has 18 heavy (non-hydrogen) atoms. The SMILES string of the molecule is CC(C)(C)C1CCC(=O)C(CC2(O)CCCC2)C1. The van der Waals surface area contributed by atoms with Crippen LogP contribution in [0, 0.1) is 17.3 Å². The molecule has 0 spiro atoms. The minimum atomic E-state index is -0.528. The van der Waals surface area contributed by atoms with Crippen molar-refractivity contribution in [3.63, 3.8) is 0 Å². The van der Waals surface area contributed by atoms with Crippen molar-refractivity contribution in [3.05, 3.63) is 0 Å². The number of Topliss-reactive ketones (excluding diaryl/α,β-unsaturated/α-hetero) is 1. The first-order valence-corrected chi connectivity index (χ1v) is 7.55. The largest absolute Gasteiger partial charge is 0.390 e. The molecule has 0 aromatic carbocycles. The standard InChI is InChI=1S/C16H28O2/c1-15(2,3)13-6-7-14(17)12(10-13)11-16(18)8-4-5-9-16/h12-13,18H,4-11H2,1-3H3. The quantitative estimate of drug-likeness (QED) is 0.813. The van der Waals surface area contributed by atoms with Crippen LogP contribution in [0.25, 0.3) is 0 Å². The molecule has 2 rings (SSSR count). The Balaban J connectivity index is 1.99. The Morgan fingerprint density at radius 1 is 1.28 bits per heavy atom. The number of rotatable bonds is 2. The first-order chi connectivity index (χ1) is 8.30. The van der Waals surface area contributed by atoms with Gasteiger partial charge in [0, 0.05) is 12.3 Å². The fourth-order valence-corrected chi connectivity index (χ4v) is 3.79. The van der Waals surface area contributed by atoms with Crippen molar-refractivity contribution >= 4 is 5.78 Å². The van der Waals surface area contributed by atoms with Crippen LogP contribution in [-0.2, 0) is 4.79 Å². The Bertz CT molecular complexity index is 308. The summed E-state index contributed by atoms with van der Waals surface area (Å²) in [6, 6.07) is 0. The van der Waals surface area contributed by atoms with Crippen LogP contribution in [0.5, 0.6) is 0 Å². The summed E-state index contributed by atoms with van der Waals surface area (Å²) in [4.78, 5) is 12.1. The van der Waals surface area contributed by atoms with E-state index in [0.29, 0.717) is 11.7 Å². The molecule has 2 saturated carbocycles. The third kappa shape index (κ3) is 3.14. The predicted molar refractivity (Wildman–Crippen MR) is 73.3 cm³/mol.